The number of carbonyl (C=O) groups is 1. The van der Waals surface area contributed by atoms with Gasteiger partial charge in [0.2, 0.25) is 10.0 Å². The second-order valence-corrected chi connectivity index (χ2v) is 15.6. The summed E-state index contributed by atoms with van der Waals surface area (Å²) in [7, 11) is -2.42. The van der Waals surface area contributed by atoms with Crippen LogP contribution in [0.3, 0.4) is 0 Å². The zero-order valence-electron chi connectivity index (χ0n) is 25.6. The molecule has 2 N–H and O–H groups in total. The van der Waals surface area contributed by atoms with Crippen LogP contribution in [0.2, 0.25) is 5.02 Å². The third-order valence-electron chi connectivity index (χ3n) is 10.4. The molecular weight excluding hydrogens is 600 g/mol. The van der Waals surface area contributed by atoms with Crippen molar-refractivity contribution in [3.63, 3.8) is 0 Å². The highest BCUT2D eigenvalue weighted by molar-refractivity contribution is 7.90. The minimum atomic E-state index is -3.98. The lowest BCUT2D eigenvalue weighted by Crippen LogP contribution is -2.48. The van der Waals surface area contributed by atoms with Crippen LogP contribution in [0.5, 0.6) is 11.5 Å². The molecule has 1 spiro atoms. The molecule has 2 heterocycles. The average molecular weight is 643 g/mol. The van der Waals surface area contributed by atoms with Gasteiger partial charge < -0.3 is 19.5 Å². The van der Waals surface area contributed by atoms with Crippen molar-refractivity contribution < 1.29 is 27.8 Å². The molecule has 2 aromatic carbocycles. The summed E-state index contributed by atoms with van der Waals surface area (Å²) in [5.41, 5.74) is 2.91. The number of benzene rings is 2. The number of halogens is 1. The van der Waals surface area contributed by atoms with Crippen LogP contribution in [0.1, 0.15) is 73.4 Å². The number of amides is 1. The van der Waals surface area contributed by atoms with E-state index in [2.05, 4.69) is 21.8 Å². The summed E-state index contributed by atoms with van der Waals surface area (Å²) in [5.74, 6) is 0.950. The van der Waals surface area contributed by atoms with Gasteiger partial charge in [0.1, 0.15) is 11.5 Å². The second kappa shape index (κ2) is 12.6. The molecule has 0 radical (unpaired) electrons. The monoisotopic (exact) mass is 642 g/mol. The molecule has 0 unspecified atom stereocenters. The summed E-state index contributed by atoms with van der Waals surface area (Å²) in [4.78, 5) is 15.9. The summed E-state index contributed by atoms with van der Waals surface area (Å²) in [6.07, 6.45) is 11.3. The second-order valence-electron chi connectivity index (χ2n) is 13.3. The number of sulfonamides is 1. The van der Waals surface area contributed by atoms with Crippen molar-refractivity contribution in [1.29, 1.82) is 0 Å². The lowest BCUT2D eigenvalue weighted by molar-refractivity contribution is 0.0980. The van der Waals surface area contributed by atoms with E-state index >= 15 is 0 Å². The lowest BCUT2D eigenvalue weighted by Gasteiger charge is -2.44. The van der Waals surface area contributed by atoms with Gasteiger partial charge in [0.05, 0.1) is 22.6 Å². The number of hydrogen-bond acceptors (Lipinski definition) is 7. The Morgan fingerprint density at radius 2 is 1.95 bits per heavy atom. The molecule has 1 saturated carbocycles. The van der Waals surface area contributed by atoms with Gasteiger partial charge in [-0.25, -0.2) is 13.1 Å². The molecule has 4 aliphatic rings. The van der Waals surface area contributed by atoms with Gasteiger partial charge in [-0.15, -0.1) is 0 Å². The van der Waals surface area contributed by atoms with E-state index < -0.39 is 21.2 Å². The molecular formula is C34H43ClN2O6S. The van der Waals surface area contributed by atoms with Crippen LogP contribution in [-0.4, -0.2) is 58.1 Å². The van der Waals surface area contributed by atoms with Gasteiger partial charge in [0.15, 0.2) is 0 Å². The Labute approximate surface area is 265 Å². The molecule has 44 heavy (non-hydrogen) atoms. The molecule has 8 nitrogen and oxygen atoms in total. The fraction of sp³-hybridized carbons (Fsp3) is 0.559. The molecule has 2 aliphatic carbocycles. The highest BCUT2D eigenvalue weighted by Gasteiger charge is 2.44. The zero-order chi connectivity index (χ0) is 31.1. The number of allylic oxidation sites excluding steroid dienone is 2. The maximum Gasteiger partial charge on any atom is 0.264 e. The number of aryl methyl sites for hydroxylation is 1. The van der Waals surface area contributed by atoms with Gasteiger partial charge in [-0.2, -0.15) is 0 Å². The molecule has 10 heteroatoms. The minimum Gasteiger partial charge on any atom is -0.506 e. The first-order chi connectivity index (χ1) is 21.1. The number of fused-ring (bicyclic) bond motifs is 4. The average Bonchev–Trinajstić information content (AvgIpc) is 3.12. The predicted octanol–water partition coefficient (Wildman–Crippen LogP) is 6.00. The third-order valence-corrected chi connectivity index (χ3v) is 12.7. The standard InChI is InChI=1S/C34H43ClN2O6S/c1-22-6-3-4-7-23-9-10-26(23)19-37-20-34(14-5-8-24-16-28(35)30(38)18-27(24)34)21-43-31-12-11-25(17-29(31)37)33(39)36-44(40,41)32(22)13-15-42-2/h3-4,11-12,16-18,22-23,26,32,38H,5-10,13-15,19-21H2,1-2H3,(H,36,39)/b4-3-/t22-,23-,26-,32-,34-/m0/s1. The van der Waals surface area contributed by atoms with Gasteiger partial charge in [-0.1, -0.05) is 30.7 Å². The Hall–Kier alpha value is -2.75. The van der Waals surface area contributed by atoms with Gasteiger partial charge in [0.25, 0.3) is 5.91 Å². The van der Waals surface area contributed by atoms with Crippen molar-refractivity contribution in [3.8, 4) is 11.5 Å². The van der Waals surface area contributed by atoms with Crippen LogP contribution in [0.15, 0.2) is 42.5 Å². The molecule has 2 bridgehead atoms. The maximum atomic E-state index is 13.6. The van der Waals surface area contributed by atoms with E-state index in [4.69, 9.17) is 21.1 Å². The molecule has 1 amide bonds. The van der Waals surface area contributed by atoms with E-state index in [1.54, 1.807) is 25.3 Å². The Morgan fingerprint density at radius 1 is 1.16 bits per heavy atom. The first kappa shape index (κ1) is 31.2. The number of phenols is 1. The number of carbonyl (C=O) groups excluding carboxylic acids is 1. The Balaban J connectivity index is 1.40. The first-order valence-corrected chi connectivity index (χ1v) is 17.8. The number of hydrogen-bond donors (Lipinski definition) is 2. The highest BCUT2D eigenvalue weighted by Crippen LogP contribution is 2.47. The van der Waals surface area contributed by atoms with E-state index in [1.165, 1.54) is 0 Å². The van der Waals surface area contributed by atoms with E-state index in [9.17, 15) is 18.3 Å². The summed E-state index contributed by atoms with van der Waals surface area (Å²) in [5, 5.41) is 10.2. The normalized spacial score (nSPS) is 30.6. The fourth-order valence-electron chi connectivity index (χ4n) is 7.72. The summed E-state index contributed by atoms with van der Waals surface area (Å²) in [6.45, 7) is 4.11. The topological polar surface area (TPSA) is 105 Å². The number of aromatic hydroxyl groups is 1. The van der Waals surface area contributed by atoms with E-state index in [1.807, 2.05) is 19.1 Å². The van der Waals surface area contributed by atoms with E-state index in [0.717, 1.165) is 61.9 Å². The van der Waals surface area contributed by atoms with Crippen molar-refractivity contribution >= 4 is 33.2 Å². The summed E-state index contributed by atoms with van der Waals surface area (Å²) < 4.78 is 41.3. The van der Waals surface area contributed by atoms with Crippen molar-refractivity contribution in [1.82, 2.24) is 4.72 Å². The van der Waals surface area contributed by atoms with E-state index in [-0.39, 0.29) is 29.3 Å². The lowest BCUT2D eigenvalue weighted by atomic mass is 9.69. The Morgan fingerprint density at radius 3 is 2.73 bits per heavy atom. The quantitative estimate of drug-likeness (QED) is 0.396. The number of nitrogens with one attached hydrogen (secondary N) is 1. The van der Waals surface area contributed by atoms with Crippen molar-refractivity contribution in [2.24, 2.45) is 17.8 Å². The van der Waals surface area contributed by atoms with E-state index in [0.29, 0.717) is 48.6 Å². The number of anilines is 1. The number of rotatable bonds is 3. The maximum absolute atomic E-state index is 13.6. The van der Waals surface area contributed by atoms with Gasteiger partial charge >= 0.3 is 0 Å². The van der Waals surface area contributed by atoms with Crippen LogP contribution < -0.4 is 14.4 Å². The third kappa shape index (κ3) is 6.07. The SMILES string of the molecule is COCC[C@H]1[C@@H](C)C/C=C\C[C@H]2CC[C@H]2CN2C[C@@]3(CCCc4cc(Cl)c(O)cc43)COc3ccc(cc32)C(=O)NS1(=O)=O. The number of ether oxygens (including phenoxy) is 2. The first-order valence-electron chi connectivity index (χ1n) is 15.8. The van der Waals surface area contributed by atoms with Gasteiger partial charge in [-0.05, 0) is 111 Å². The summed E-state index contributed by atoms with van der Waals surface area (Å²) in [6, 6.07) is 8.92. The van der Waals surface area contributed by atoms with Gasteiger partial charge in [-0.3, -0.25) is 4.79 Å². The van der Waals surface area contributed by atoms with Crippen LogP contribution in [0.25, 0.3) is 0 Å². The minimum absolute atomic E-state index is 0.0746. The smallest absolute Gasteiger partial charge is 0.264 e. The van der Waals surface area contributed by atoms with Crippen LogP contribution >= 0.6 is 11.6 Å². The zero-order valence-corrected chi connectivity index (χ0v) is 27.1. The number of phenolic OH excluding ortho intramolecular Hbond substituents is 1. The highest BCUT2D eigenvalue weighted by atomic mass is 35.5. The molecule has 5 atom stereocenters. The molecule has 238 valence electrons. The van der Waals surface area contributed by atoms with Gasteiger partial charge in [0, 0.05) is 37.8 Å². The van der Waals surface area contributed by atoms with Crippen molar-refractivity contribution in [2.75, 3.05) is 38.3 Å². The predicted molar refractivity (Wildman–Crippen MR) is 172 cm³/mol. The van der Waals surface area contributed by atoms with Crippen molar-refractivity contribution in [3.05, 3.63) is 64.2 Å². The molecule has 0 aromatic heterocycles. The molecule has 0 saturated heterocycles. The van der Waals surface area contributed by atoms with Crippen LogP contribution in [0, 0.1) is 17.8 Å². The molecule has 2 aliphatic heterocycles. The fourth-order valence-corrected chi connectivity index (χ4v) is 9.56. The Bertz CT molecular complexity index is 1540. The molecule has 2 aromatic rings. The Kier molecular flexibility index (Phi) is 8.92. The largest absolute Gasteiger partial charge is 0.506 e. The molecule has 1 fully saturated rings. The van der Waals surface area contributed by atoms with Crippen molar-refractivity contribution in [2.45, 2.75) is 69.0 Å². The summed E-state index contributed by atoms with van der Waals surface area (Å²) >= 11 is 6.33. The van der Waals surface area contributed by atoms with Crippen LogP contribution in [-0.2, 0) is 26.6 Å². The number of methoxy groups -OCH3 is 1. The van der Waals surface area contributed by atoms with Crippen LogP contribution in [0.4, 0.5) is 5.69 Å². The molecule has 6 rings (SSSR count). The number of nitrogens with zero attached hydrogens (tertiary/aromatic N) is 1.